The lowest BCUT2D eigenvalue weighted by atomic mass is 10.1. The molecule has 0 radical (unpaired) electrons. The maximum Gasteiger partial charge on any atom is 0.241 e. The lowest BCUT2D eigenvalue weighted by Crippen LogP contribution is -2.25. The predicted molar refractivity (Wildman–Crippen MR) is 81.1 cm³/mol. The second kappa shape index (κ2) is 5.98. The molecule has 0 fully saturated rings. The number of aliphatic hydroxyl groups is 1. The smallest absolute Gasteiger partial charge is 0.241 e. The van der Waals surface area contributed by atoms with Gasteiger partial charge in [0.05, 0.1) is 12.3 Å². The van der Waals surface area contributed by atoms with Gasteiger partial charge in [-0.25, -0.2) is 4.68 Å². The van der Waals surface area contributed by atoms with E-state index in [9.17, 15) is 9.90 Å². The molecule has 0 unspecified atom stereocenters. The Morgan fingerprint density at radius 3 is 3.00 bits per heavy atom. The summed E-state index contributed by atoms with van der Waals surface area (Å²) in [6, 6.07) is 7.99. The molecule has 0 spiro atoms. The van der Waals surface area contributed by atoms with Gasteiger partial charge in [-0.3, -0.25) is 4.79 Å². The standard InChI is InChI=1S/C15H17N5O2/c1-16-15(22)8-20-14(13(9-21)18-19-20)6-10-7-17-12-5-3-2-4-11(10)12/h2-5,7,17,21H,6,8-9H2,1H3,(H,16,22). The summed E-state index contributed by atoms with van der Waals surface area (Å²) in [5.41, 5.74) is 3.36. The van der Waals surface area contributed by atoms with E-state index in [0.29, 0.717) is 12.1 Å². The van der Waals surface area contributed by atoms with Crippen molar-refractivity contribution in [2.45, 2.75) is 19.6 Å². The van der Waals surface area contributed by atoms with Gasteiger partial charge >= 0.3 is 0 Å². The van der Waals surface area contributed by atoms with Gasteiger partial charge in [0.2, 0.25) is 5.91 Å². The van der Waals surface area contributed by atoms with Crippen LogP contribution in [0.4, 0.5) is 0 Å². The monoisotopic (exact) mass is 299 g/mol. The lowest BCUT2D eigenvalue weighted by molar-refractivity contribution is -0.121. The first-order chi connectivity index (χ1) is 10.7. The molecule has 3 N–H and O–H groups in total. The van der Waals surface area contributed by atoms with Crippen LogP contribution in [0.25, 0.3) is 10.9 Å². The van der Waals surface area contributed by atoms with Crippen LogP contribution in [0.2, 0.25) is 0 Å². The van der Waals surface area contributed by atoms with Gasteiger partial charge in [-0.05, 0) is 11.6 Å². The SMILES string of the molecule is CNC(=O)Cn1nnc(CO)c1Cc1c[nH]c2ccccc12. The molecule has 0 aliphatic carbocycles. The van der Waals surface area contributed by atoms with Crippen molar-refractivity contribution in [1.82, 2.24) is 25.3 Å². The van der Waals surface area contributed by atoms with Crippen molar-refractivity contribution in [1.29, 1.82) is 0 Å². The normalized spacial score (nSPS) is 11.0. The van der Waals surface area contributed by atoms with Gasteiger partial charge in [0.25, 0.3) is 0 Å². The number of nitrogens with one attached hydrogen (secondary N) is 2. The molecular formula is C15H17N5O2. The van der Waals surface area contributed by atoms with Gasteiger partial charge in [0, 0.05) is 30.6 Å². The van der Waals surface area contributed by atoms with Crippen molar-refractivity contribution in [3.05, 3.63) is 47.4 Å². The average molecular weight is 299 g/mol. The van der Waals surface area contributed by atoms with E-state index >= 15 is 0 Å². The number of amides is 1. The number of hydrogen-bond donors (Lipinski definition) is 3. The fourth-order valence-corrected chi connectivity index (χ4v) is 2.49. The summed E-state index contributed by atoms with van der Waals surface area (Å²) >= 11 is 0. The van der Waals surface area contributed by atoms with Crippen molar-refractivity contribution in [3.63, 3.8) is 0 Å². The zero-order valence-corrected chi connectivity index (χ0v) is 12.2. The number of aliphatic hydroxyl groups excluding tert-OH is 1. The molecule has 0 bridgehead atoms. The van der Waals surface area contributed by atoms with E-state index in [1.54, 1.807) is 7.05 Å². The van der Waals surface area contributed by atoms with Crippen molar-refractivity contribution in [3.8, 4) is 0 Å². The maximum atomic E-state index is 11.6. The number of aromatic nitrogens is 4. The van der Waals surface area contributed by atoms with Crippen LogP contribution in [-0.2, 0) is 24.4 Å². The van der Waals surface area contributed by atoms with Gasteiger partial charge in [0.15, 0.2) is 0 Å². The van der Waals surface area contributed by atoms with Gasteiger partial charge in [-0.1, -0.05) is 23.4 Å². The van der Waals surface area contributed by atoms with Gasteiger partial charge in [-0.15, -0.1) is 5.10 Å². The fourth-order valence-electron chi connectivity index (χ4n) is 2.49. The summed E-state index contributed by atoms with van der Waals surface area (Å²) < 4.78 is 1.53. The summed E-state index contributed by atoms with van der Waals surface area (Å²) in [5.74, 6) is -0.158. The van der Waals surface area contributed by atoms with Crippen LogP contribution < -0.4 is 5.32 Å². The maximum absolute atomic E-state index is 11.6. The van der Waals surface area contributed by atoms with Crippen LogP contribution in [0.5, 0.6) is 0 Å². The van der Waals surface area contributed by atoms with Crippen molar-refractivity contribution in [2.24, 2.45) is 0 Å². The van der Waals surface area contributed by atoms with Crippen LogP contribution in [-0.4, -0.2) is 38.0 Å². The Morgan fingerprint density at radius 2 is 2.23 bits per heavy atom. The van der Waals surface area contributed by atoms with Gasteiger partial charge < -0.3 is 15.4 Å². The fraction of sp³-hybridized carbons (Fsp3) is 0.267. The quantitative estimate of drug-likeness (QED) is 0.642. The molecule has 0 aliphatic rings. The molecule has 7 nitrogen and oxygen atoms in total. The van der Waals surface area contributed by atoms with E-state index in [-0.39, 0.29) is 19.1 Å². The van der Waals surface area contributed by atoms with Gasteiger partial charge in [0.1, 0.15) is 12.2 Å². The predicted octanol–water partition coefficient (Wildman–Crippen LogP) is 0.588. The third-order valence-corrected chi connectivity index (χ3v) is 3.67. The lowest BCUT2D eigenvalue weighted by Gasteiger charge is -2.06. The van der Waals surface area contributed by atoms with Crippen LogP contribution in [0, 0.1) is 0 Å². The Hall–Kier alpha value is -2.67. The number of benzene rings is 1. The third kappa shape index (κ3) is 2.58. The van der Waals surface area contributed by atoms with Crippen molar-refractivity contribution >= 4 is 16.8 Å². The highest BCUT2D eigenvalue weighted by atomic mass is 16.3. The Bertz CT molecular complexity index is 805. The first kappa shape index (κ1) is 14.3. The second-order valence-corrected chi connectivity index (χ2v) is 5.01. The largest absolute Gasteiger partial charge is 0.390 e. The number of likely N-dealkylation sites (N-methyl/N-ethyl adjacent to an activating group) is 1. The number of fused-ring (bicyclic) bond motifs is 1. The van der Waals surface area contributed by atoms with E-state index < -0.39 is 0 Å². The molecule has 7 heteroatoms. The zero-order chi connectivity index (χ0) is 15.5. The molecule has 2 aromatic heterocycles. The van der Waals surface area contributed by atoms with Crippen LogP contribution in [0.1, 0.15) is 17.0 Å². The highest BCUT2D eigenvalue weighted by Crippen LogP contribution is 2.21. The molecular weight excluding hydrogens is 282 g/mol. The number of carbonyl (C=O) groups is 1. The zero-order valence-electron chi connectivity index (χ0n) is 12.2. The molecule has 0 saturated carbocycles. The minimum absolute atomic E-state index is 0.0845. The number of H-pyrrole nitrogens is 1. The first-order valence-electron chi connectivity index (χ1n) is 7.00. The summed E-state index contributed by atoms with van der Waals surface area (Å²) in [7, 11) is 1.57. The summed E-state index contributed by atoms with van der Waals surface area (Å²) in [6.07, 6.45) is 2.48. The minimum Gasteiger partial charge on any atom is -0.390 e. The van der Waals surface area contributed by atoms with E-state index in [4.69, 9.17) is 0 Å². The molecule has 0 aliphatic heterocycles. The van der Waals surface area contributed by atoms with Gasteiger partial charge in [-0.2, -0.15) is 0 Å². The average Bonchev–Trinajstić information content (AvgIpc) is 3.12. The van der Waals surface area contributed by atoms with E-state index in [1.165, 1.54) is 4.68 Å². The molecule has 1 aromatic carbocycles. The number of aromatic amines is 1. The van der Waals surface area contributed by atoms with E-state index in [1.807, 2.05) is 30.5 Å². The van der Waals surface area contributed by atoms with Crippen LogP contribution in [0.3, 0.4) is 0 Å². The molecule has 0 atom stereocenters. The minimum atomic E-state index is -0.203. The summed E-state index contributed by atoms with van der Waals surface area (Å²) in [4.78, 5) is 14.8. The Morgan fingerprint density at radius 1 is 1.41 bits per heavy atom. The number of para-hydroxylation sites is 1. The Labute approximate surface area is 127 Å². The Balaban J connectivity index is 1.97. The highest BCUT2D eigenvalue weighted by Gasteiger charge is 2.16. The van der Waals surface area contributed by atoms with Crippen LogP contribution >= 0.6 is 0 Å². The van der Waals surface area contributed by atoms with E-state index in [2.05, 4.69) is 20.6 Å². The molecule has 22 heavy (non-hydrogen) atoms. The topological polar surface area (TPSA) is 95.8 Å². The number of rotatable bonds is 5. The Kier molecular flexibility index (Phi) is 3.88. The molecule has 3 aromatic rings. The second-order valence-electron chi connectivity index (χ2n) is 5.01. The third-order valence-electron chi connectivity index (χ3n) is 3.67. The molecule has 1 amide bonds. The summed E-state index contributed by atoms with van der Waals surface area (Å²) in [5, 5.41) is 21.0. The first-order valence-corrected chi connectivity index (χ1v) is 7.00. The number of hydrogen-bond acceptors (Lipinski definition) is 4. The van der Waals surface area contributed by atoms with Crippen molar-refractivity contribution in [2.75, 3.05) is 7.05 Å². The number of nitrogens with zero attached hydrogens (tertiary/aromatic N) is 3. The van der Waals surface area contributed by atoms with Crippen LogP contribution in [0.15, 0.2) is 30.5 Å². The number of carbonyl (C=O) groups excluding carboxylic acids is 1. The summed E-state index contributed by atoms with van der Waals surface area (Å²) in [6.45, 7) is -0.118. The molecule has 3 rings (SSSR count). The highest BCUT2D eigenvalue weighted by molar-refractivity contribution is 5.83. The van der Waals surface area contributed by atoms with E-state index in [0.717, 1.165) is 22.2 Å². The van der Waals surface area contributed by atoms with Crippen molar-refractivity contribution < 1.29 is 9.90 Å². The molecule has 114 valence electrons. The molecule has 2 heterocycles. The molecule has 0 saturated heterocycles.